The van der Waals surface area contributed by atoms with Crippen LogP contribution in [-0.4, -0.2) is 66.3 Å². The van der Waals surface area contributed by atoms with Gasteiger partial charge in [-0.15, -0.1) is 11.8 Å². The number of hydrogen-bond donors (Lipinski definition) is 0. The molecule has 1 aliphatic heterocycles. The van der Waals surface area contributed by atoms with Gasteiger partial charge in [0.2, 0.25) is 0 Å². The smallest absolute Gasteiger partial charge is 0.410 e. The predicted molar refractivity (Wildman–Crippen MR) is 93.0 cm³/mol. The van der Waals surface area contributed by atoms with Crippen molar-refractivity contribution < 1.29 is 28.6 Å². The first-order valence-electron chi connectivity index (χ1n) is 7.90. The van der Waals surface area contributed by atoms with Crippen LogP contribution in [0.15, 0.2) is 0 Å². The van der Waals surface area contributed by atoms with Crippen molar-refractivity contribution in [2.24, 2.45) is 0 Å². The lowest BCUT2D eigenvalue weighted by Gasteiger charge is -2.47. The maximum absolute atomic E-state index is 12.0. The molecule has 0 aromatic heterocycles. The molecular formula is C16H29NO6S. The van der Waals surface area contributed by atoms with Crippen molar-refractivity contribution in [3.05, 3.63) is 0 Å². The van der Waals surface area contributed by atoms with E-state index in [1.54, 1.807) is 20.8 Å². The van der Waals surface area contributed by atoms with Crippen LogP contribution in [-0.2, 0) is 23.8 Å². The molecule has 1 heterocycles. The number of hydrogen-bond acceptors (Lipinski definition) is 7. The molecule has 140 valence electrons. The Kier molecular flexibility index (Phi) is 9.17. The van der Waals surface area contributed by atoms with Gasteiger partial charge >= 0.3 is 18.0 Å². The zero-order valence-electron chi connectivity index (χ0n) is 15.6. The van der Waals surface area contributed by atoms with Crippen molar-refractivity contribution in [1.29, 1.82) is 0 Å². The number of thioether (sulfide) groups is 1. The highest BCUT2D eigenvalue weighted by molar-refractivity contribution is 8.01. The molecule has 1 amide bonds. The second kappa shape index (κ2) is 9.76. The molecule has 0 saturated carbocycles. The Bertz CT molecular complexity index is 440. The molecule has 0 aromatic rings. The average Bonchev–Trinajstić information content (AvgIpc) is 2.48. The van der Waals surface area contributed by atoms with E-state index in [1.807, 2.05) is 13.8 Å². The molecule has 0 spiro atoms. The third kappa shape index (κ3) is 6.59. The summed E-state index contributed by atoms with van der Waals surface area (Å²) in [5.74, 6) is -0.317. The van der Waals surface area contributed by atoms with Gasteiger partial charge in [0.1, 0.15) is 10.3 Å². The van der Waals surface area contributed by atoms with Gasteiger partial charge in [0.05, 0.1) is 33.7 Å². The largest absolute Gasteiger partial charge is 0.469 e. The van der Waals surface area contributed by atoms with Gasteiger partial charge in [-0.1, -0.05) is 13.8 Å². The molecule has 0 aromatic carbocycles. The Balaban J connectivity index is 0.00000254. The number of amides is 1. The summed E-state index contributed by atoms with van der Waals surface area (Å²) in [5, 5.41) is 0. The summed E-state index contributed by atoms with van der Waals surface area (Å²) in [5.41, 5.74) is -0.585. The normalized spacial score (nSPS) is 15.4. The lowest BCUT2D eigenvalue weighted by atomic mass is 10.00. The lowest BCUT2D eigenvalue weighted by molar-refractivity contribution is -0.148. The molecule has 0 radical (unpaired) electrons. The Hall–Kier alpha value is -1.44. The Morgan fingerprint density at radius 2 is 1.62 bits per heavy atom. The molecule has 0 atom stereocenters. The van der Waals surface area contributed by atoms with Crippen LogP contribution in [0.5, 0.6) is 0 Å². The number of carbonyl (C=O) groups is 3. The van der Waals surface area contributed by atoms with Crippen LogP contribution in [0.25, 0.3) is 0 Å². The van der Waals surface area contributed by atoms with Gasteiger partial charge in [0.15, 0.2) is 0 Å². The summed E-state index contributed by atoms with van der Waals surface area (Å²) in [6.45, 7) is 9.76. The highest BCUT2D eigenvalue weighted by Crippen LogP contribution is 2.37. The van der Waals surface area contributed by atoms with Crippen LogP contribution in [0, 0.1) is 0 Å². The minimum absolute atomic E-state index is 0.201. The van der Waals surface area contributed by atoms with Gasteiger partial charge in [-0.3, -0.25) is 9.59 Å². The van der Waals surface area contributed by atoms with Crippen molar-refractivity contribution in [1.82, 2.24) is 4.90 Å². The number of ether oxygens (including phenoxy) is 3. The molecular weight excluding hydrogens is 334 g/mol. The number of rotatable bonds is 5. The van der Waals surface area contributed by atoms with Crippen LogP contribution < -0.4 is 0 Å². The van der Waals surface area contributed by atoms with E-state index in [1.165, 1.54) is 30.9 Å². The number of carbonyl (C=O) groups excluding carboxylic acids is 3. The fourth-order valence-corrected chi connectivity index (χ4v) is 3.28. The zero-order chi connectivity index (χ0) is 19.0. The van der Waals surface area contributed by atoms with Gasteiger partial charge in [-0.25, -0.2) is 4.79 Å². The van der Waals surface area contributed by atoms with Crippen LogP contribution in [0.4, 0.5) is 4.79 Å². The van der Waals surface area contributed by atoms with E-state index in [0.29, 0.717) is 5.75 Å². The number of nitrogens with zero attached hydrogens (tertiary/aromatic N) is 1. The number of methoxy groups -OCH3 is 2. The molecule has 0 aliphatic carbocycles. The highest BCUT2D eigenvalue weighted by Gasteiger charge is 2.53. The molecule has 1 rings (SSSR count). The zero-order valence-corrected chi connectivity index (χ0v) is 16.4. The molecule has 1 saturated heterocycles. The summed E-state index contributed by atoms with van der Waals surface area (Å²) < 4.78 is 13.8. The van der Waals surface area contributed by atoms with Gasteiger partial charge in [0, 0.05) is 5.75 Å². The topological polar surface area (TPSA) is 82.1 Å². The van der Waals surface area contributed by atoms with E-state index in [2.05, 4.69) is 4.74 Å². The summed E-state index contributed by atoms with van der Waals surface area (Å²) >= 11 is 1.30. The molecule has 24 heavy (non-hydrogen) atoms. The third-order valence-electron chi connectivity index (χ3n) is 3.01. The SMILES string of the molecule is CC.COC(=O)CCSC1(C(=O)OC)CN(C(=O)OC(C)(C)C)C1. The average molecular weight is 363 g/mol. The van der Waals surface area contributed by atoms with Gasteiger partial charge in [-0.05, 0) is 20.8 Å². The summed E-state index contributed by atoms with van der Waals surface area (Å²) in [4.78, 5) is 36.5. The maximum atomic E-state index is 12.0. The van der Waals surface area contributed by atoms with Crippen molar-refractivity contribution in [3.8, 4) is 0 Å². The minimum Gasteiger partial charge on any atom is -0.469 e. The molecule has 7 nitrogen and oxygen atoms in total. The van der Waals surface area contributed by atoms with Gasteiger partial charge in [0.25, 0.3) is 0 Å². The minimum atomic E-state index is -0.834. The standard InChI is InChI=1S/C14H23NO6S.C2H6/c1-13(2,3)21-12(18)15-8-14(9-15,11(17)20-5)22-7-6-10(16)19-4;1-2/h6-9H2,1-5H3;1-2H3. The predicted octanol–water partition coefficient (Wildman–Crippen LogP) is 2.47. The maximum Gasteiger partial charge on any atom is 0.410 e. The Morgan fingerprint density at radius 3 is 2.04 bits per heavy atom. The van der Waals surface area contributed by atoms with Gasteiger partial charge in [-0.2, -0.15) is 0 Å². The van der Waals surface area contributed by atoms with Crippen molar-refractivity contribution in [2.75, 3.05) is 33.1 Å². The molecule has 0 N–H and O–H groups in total. The molecule has 1 aliphatic rings. The van der Waals surface area contributed by atoms with E-state index in [4.69, 9.17) is 9.47 Å². The molecule has 0 bridgehead atoms. The summed E-state index contributed by atoms with van der Waals surface area (Å²) in [6, 6.07) is 0. The first-order valence-corrected chi connectivity index (χ1v) is 8.89. The fourth-order valence-electron chi connectivity index (χ4n) is 1.92. The quantitative estimate of drug-likeness (QED) is 0.548. The summed E-state index contributed by atoms with van der Waals surface area (Å²) in [6.07, 6.45) is -0.257. The van der Waals surface area contributed by atoms with Gasteiger partial charge < -0.3 is 19.1 Å². The van der Waals surface area contributed by atoms with E-state index >= 15 is 0 Å². The first-order chi connectivity index (χ1) is 11.1. The van der Waals surface area contributed by atoms with E-state index < -0.39 is 22.4 Å². The van der Waals surface area contributed by atoms with Crippen molar-refractivity contribution in [2.45, 2.75) is 51.4 Å². The third-order valence-corrected chi connectivity index (χ3v) is 4.40. The second-order valence-electron chi connectivity index (χ2n) is 6.00. The summed E-state index contributed by atoms with van der Waals surface area (Å²) in [7, 11) is 2.62. The molecule has 8 heteroatoms. The fraction of sp³-hybridized carbons (Fsp3) is 0.812. The Labute approximate surface area is 148 Å². The van der Waals surface area contributed by atoms with E-state index in [0.717, 1.165) is 0 Å². The van der Waals surface area contributed by atoms with E-state index in [-0.39, 0.29) is 25.5 Å². The molecule has 0 unspecified atom stereocenters. The highest BCUT2D eigenvalue weighted by atomic mass is 32.2. The van der Waals surface area contributed by atoms with Crippen molar-refractivity contribution >= 4 is 29.8 Å². The van der Waals surface area contributed by atoms with Crippen molar-refractivity contribution in [3.63, 3.8) is 0 Å². The monoisotopic (exact) mass is 363 g/mol. The van der Waals surface area contributed by atoms with Crippen LogP contribution in [0.3, 0.4) is 0 Å². The number of likely N-dealkylation sites (tertiary alicyclic amines) is 1. The van der Waals surface area contributed by atoms with Crippen LogP contribution in [0.2, 0.25) is 0 Å². The number of esters is 2. The van der Waals surface area contributed by atoms with E-state index in [9.17, 15) is 14.4 Å². The molecule has 1 fully saturated rings. The van der Waals surface area contributed by atoms with Crippen LogP contribution in [0.1, 0.15) is 41.0 Å². The Morgan fingerprint density at radius 1 is 1.08 bits per heavy atom. The lowest BCUT2D eigenvalue weighted by Crippen LogP contribution is -2.66. The second-order valence-corrected chi connectivity index (χ2v) is 7.48. The first kappa shape index (κ1) is 22.6. The van der Waals surface area contributed by atoms with Crippen LogP contribution >= 0.6 is 11.8 Å².